The largest absolute Gasteiger partial charge is 0.348 e. The Bertz CT molecular complexity index is 471. The molecule has 19 heavy (non-hydrogen) atoms. The van der Waals surface area contributed by atoms with Crippen LogP contribution >= 0.6 is 11.6 Å². The first-order valence-electron chi connectivity index (χ1n) is 6.10. The van der Waals surface area contributed by atoms with Crippen molar-refractivity contribution in [2.24, 2.45) is 5.84 Å². The molecule has 6 nitrogen and oxygen atoms in total. The van der Waals surface area contributed by atoms with Crippen LogP contribution in [0.5, 0.6) is 0 Å². The summed E-state index contributed by atoms with van der Waals surface area (Å²) in [5.74, 6) is 4.77. The molecule has 2 rings (SSSR count). The van der Waals surface area contributed by atoms with Crippen LogP contribution in [0, 0.1) is 5.82 Å². The van der Waals surface area contributed by atoms with Crippen molar-refractivity contribution in [2.75, 3.05) is 30.5 Å². The van der Waals surface area contributed by atoms with E-state index >= 15 is 0 Å². The number of aromatic nitrogens is 2. The van der Waals surface area contributed by atoms with Crippen molar-refractivity contribution in [3.05, 3.63) is 11.1 Å². The topological polar surface area (TPSA) is 70.3 Å². The number of rotatable bonds is 2. The smallest absolute Gasteiger partial charge is 0.226 e. The number of anilines is 2. The molecule has 0 unspecified atom stereocenters. The fourth-order valence-electron chi connectivity index (χ4n) is 2.29. The third-order valence-corrected chi connectivity index (χ3v) is 3.68. The van der Waals surface area contributed by atoms with Gasteiger partial charge in [-0.05, 0) is 32.5 Å². The lowest BCUT2D eigenvalue weighted by Crippen LogP contribution is -2.55. The molecule has 1 aliphatic rings. The zero-order valence-corrected chi connectivity index (χ0v) is 11.9. The zero-order valence-electron chi connectivity index (χ0n) is 11.2. The van der Waals surface area contributed by atoms with Gasteiger partial charge in [0.25, 0.3) is 0 Å². The van der Waals surface area contributed by atoms with Crippen molar-refractivity contribution >= 4 is 23.2 Å². The summed E-state index contributed by atoms with van der Waals surface area (Å²) in [7, 11) is 2.05. The van der Waals surface area contributed by atoms with Crippen LogP contribution in [0.4, 0.5) is 16.0 Å². The van der Waals surface area contributed by atoms with Crippen LogP contribution in [0.1, 0.15) is 13.8 Å². The molecule has 1 saturated heterocycles. The van der Waals surface area contributed by atoms with Crippen molar-refractivity contribution in [1.29, 1.82) is 0 Å². The maximum Gasteiger partial charge on any atom is 0.226 e. The van der Waals surface area contributed by atoms with Gasteiger partial charge in [0, 0.05) is 25.2 Å². The molecule has 2 heterocycles. The van der Waals surface area contributed by atoms with Gasteiger partial charge in [0.1, 0.15) is 0 Å². The molecule has 1 aromatic rings. The van der Waals surface area contributed by atoms with E-state index in [-0.39, 0.29) is 23.0 Å². The first-order valence-corrected chi connectivity index (χ1v) is 6.48. The Morgan fingerprint density at radius 2 is 2.00 bits per heavy atom. The zero-order chi connectivity index (χ0) is 14.2. The second-order valence-electron chi connectivity index (χ2n) is 4.91. The van der Waals surface area contributed by atoms with Gasteiger partial charge in [0.05, 0.1) is 0 Å². The molecular formula is C11H18ClFN6. The fraction of sp³-hybridized carbons (Fsp3) is 0.636. The van der Waals surface area contributed by atoms with Crippen molar-refractivity contribution in [2.45, 2.75) is 25.9 Å². The predicted octanol–water partition coefficient (Wildman–Crippen LogP) is 1.08. The fourth-order valence-corrected chi connectivity index (χ4v) is 2.45. The molecule has 0 aromatic carbocycles. The molecule has 0 aliphatic carbocycles. The highest BCUT2D eigenvalue weighted by Crippen LogP contribution is 2.27. The molecule has 106 valence electrons. The summed E-state index contributed by atoms with van der Waals surface area (Å²) in [6.45, 7) is 5.61. The highest BCUT2D eigenvalue weighted by Gasteiger charge is 2.30. The second-order valence-corrected chi connectivity index (χ2v) is 5.25. The first-order chi connectivity index (χ1) is 8.93. The molecule has 1 aliphatic heterocycles. The number of hydrazine groups is 1. The average molecular weight is 289 g/mol. The van der Waals surface area contributed by atoms with Gasteiger partial charge in [-0.1, -0.05) is 0 Å². The summed E-state index contributed by atoms with van der Waals surface area (Å²) in [5, 5.41) is -0.0249. The lowest BCUT2D eigenvalue weighted by atomic mass is 10.1. The second kappa shape index (κ2) is 5.44. The summed E-state index contributed by atoms with van der Waals surface area (Å²) in [6, 6.07) is 0.436. The monoisotopic (exact) mass is 288 g/mol. The van der Waals surface area contributed by atoms with Gasteiger partial charge in [0.2, 0.25) is 11.1 Å². The molecule has 1 fully saturated rings. The maximum absolute atomic E-state index is 14.3. The third-order valence-electron chi connectivity index (χ3n) is 3.51. The molecule has 3 N–H and O–H groups in total. The van der Waals surface area contributed by atoms with E-state index in [0.717, 1.165) is 6.54 Å². The molecule has 0 bridgehead atoms. The Labute approximate surface area is 116 Å². The first kappa shape index (κ1) is 14.2. The van der Waals surface area contributed by atoms with Crippen LogP contribution in [0.15, 0.2) is 0 Å². The Morgan fingerprint density at radius 3 is 2.63 bits per heavy atom. The van der Waals surface area contributed by atoms with Crippen molar-refractivity contribution in [3.63, 3.8) is 0 Å². The Kier molecular flexibility index (Phi) is 4.07. The van der Waals surface area contributed by atoms with Crippen LogP contribution in [-0.2, 0) is 0 Å². The predicted molar refractivity (Wildman–Crippen MR) is 73.7 cm³/mol. The normalized spacial score (nSPS) is 24.6. The number of nitrogen functional groups attached to an aromatic ring is 1. The number of likely N-dealkylation sites (N-methyl/N-ethyl adjacent to an activating group) is 1. The van der Waals surface area contributed by atoms with E-state index in [1.807, 2.05) is 11.8 Å². The highest BCUT2D eigenvalue weighted by atomic mass is 35.5. The van der Waals surface area contributed by atoms with Gasteiger partial charge in [-0.15, -0.1) is 0 Å². The van der Waals surface area contributed by atoms with Crippen LogP contribution in [0.25, 0.3) is 0 Å². The number of nitrogens with one attached hydrogen (secondary N) is 1. The molecule has 2 atom stereocenters. The molecular weight excluding hydrogens is 271 g/mol. The highest BCUT2D eigenvalue weighted by molar-refractivity contribution is 6.28. The number of hydrogen-bond acceptors (Lipinski definition) is 6. The van der Waals surface area contributed by atoms with E-state index < -0.39 is 5.82 Å². The Hall–Kier alpha value is -1.18. The molecule has 8 heteroatoms. The quantitative estimate of drug-likeness (QED) is 0.482. The van der Waals surface area contributed by atoms with Gasteiger partial charge in [-0.3, -0.25) is 4.90 Å². The minimum absolute atomic E-state index is 0.0249. The Morgan fingerprint density at radius 1 is 1.32 bits per heavy atom. The van der Waals surface area contributed by atoms with E-state index in [9.17, 15) is 4.39 Å². The maximum atomic E-state index is 14.3. The van der Waals surface area contributed by atoms with Gasteiger partial charge in [-0.25, -0.2) is 5.84 Å². The van der Waals surface area contributed by atoms with Gasteiger partial charge < -0.3 is 10.3 Å². The third kappa shape index (κ3) is 2.72. The van der Waals surface area contributed by atoms with E-state index in [4.69, 9.17) is 17.4 Å². The molecule has 1 aromatic heterocycles. The summed E-state index contributed by atoms with van der Waals surface area (Å²) in [6.07, 6.45) is 0. The van der Waals surface area contributed by atoms with E-state index in [1.54, 1.807) is 0 Å². The van der Waals surface area contributed by atoms with Gasteiger partial charge in [-0.2, -0.15) is 14.4 Å². The number of hydrogen-bond donors (Lipinski definition) is 2. The summed E-state index contributed by atoms with van der Waals surface area (Å²) in [4.78, 5) is 11.8. The van der Waals surface area contributed by atoms with Crippen molar-refractivity contribution < 1.29 is 4.39 Å². The van der Waals surface area contributed by atoms with E-state index in [1.165, 1.54) is 0 Å². The van der Waals surface area contributed by atoms with Crippen LogP contribution < -0.4 is 16.2 Å². The molecule has 0 spiro atoms. The molecule has 0 saturated carbocycles. The summed E-state index contributed by atoms with van der Waals surface area (Å²) < 4.78 is 14.3. The molecule has 0 amide bonds. The van der Waals surface area contributed by atoms with Crippen LogP contribution in [-0.4, -0.2) is 47.1 Å². The van der Waals surface area contributed by atoms with E-state index in [0.29, 0.717) is 12.6 Å². The van der Waals surface area contributed by atoms with Gasteiger partial charge >= 0.3 is 0 Å². The SMILES string of the molecule is C[C@@H]1CN(c2nc(Cl)nc(NN)c2F)[C@H](C)CN1C. The van der Waals surface area contributed by atoms with Gasteiger partial charge in [0.15, 0.2) is 11.6 Å². The lowest BCUT2D eigenvalue weighted by Gasteiger charge is -2.43. The number of nitrogens with zero attached hydrogens (tertiary/aromatic N) is 4. The standard InChI is InChI=1S/C11H18ClFN6/c1-6-5-19(7(2)4-18(6)3)10-8(13)9(17-14)15-11(12)16-10/h6-7H,4-5,14H2,1-3H3,(H,15,16,17)/t6-,7-/m1/s1. The number of halogens is 2. The Balaban J connectivity index is 2.38. The lowest BCUT2D eigenvalue weighted by molar-refractivity contribution is 0.204. The minimum atomic E-state index is -0.574. The van der Waals surface area contributed by atoms with Crippen molar-refractivity contribution in [3.8, 4) is 0 Å². The summed E-state index contributed by atoms with van der Waals surface area (Å²) >= 11 is 5.81. The van der Waals surface area contributed by atoms with E-state index in [2.05, 4.69) is 34.3 Å². The van der Waals surface area contributed by atoms with Crippen LogP contribution in [0.3, 0.4) is 0 Å². The minimum Gasteiger partial charge on any atom is -0.348 e. The average Bonchev–Trinajstić information content (AvgIpc) is 2.36. The number of piperazine rings is 1. The van der Waals surface area contributed by atoms with Crippen LogP contribution in [0.2, 0.25) is 5.28 Å². The summed E-state index contributed by atoms with van der Waals surface area (Å²) in [5.41, 5.74) is 2.20. The van der Waals surface area contributed by atoms with Crippen molar-refractivity contribution in [1.82, 2.24) is 14.9 Å². The molecule has 0 radical (unpaired) electrons. The number of nitrogens with two attached hydrogens (primary N) is 1.